The number of aliphatic imine (C=N–C) groups is 1. The smallest absolute Gasteiger partial charge is 0.336 e. The molecule has 0 saturated carbocycles. The van der Waals surface area contributed by atoms with Crippen molar-refractivity contribution in [3.8, 4) is 0 Å². The van der Waals surface area contributed by atoms with Crippen LogP contribution in [0.3, 0.4) is 0 Å². The number of rotatable bonds is 6. The van der Waals surface area contributed by atoms with E-state index in [1.54, 1.807) is 5.38 Å². The minimum atomic E-state index is -3.11. The zero-order valence-electron chi connectivity index (χ0n) is 18.0. The second-order valence-corrected chi connectivity index (χ2v) is 9.21. The minimum absolute atomic E-state index is 0.0171. The Labute approximate surface area is 196 Å². The predicted molar refractivity (Wildman–Crippen MR) is 117 cm³/mol. The fraction of sp³-hybridized carbons (Fsp3) is 0.364. The number of piperidine rings is 1. The summed E-state index contributed by atoms with van der Waals surface area (Å²) in [7, 11) is 0. The zero-order chi connectivity index (χ0) is 24.7. The molecule has 8 nitrogen and oxygen atoms in total. The first-order chi connectivity index (χ1) is 16.0. The lowest BCUT2D eigenvalue weighted by Crippen LogP contribution is -2.54. The van der Waals surface area contributed by atoms with Crippen LogP contribution in [0.25, 0.3) is 0 Å². The van der Waals surface area contributed by atoms with Crippen molar-refractivity contribution in [1.82, 2.24) is 15.2 Å². The van der Waals surface area contributed by atoms with Crippen molar-refractivity contribution in [1.29, 1.82) is 0 Å². The van der Waals surface area contributed by atoms with Crippen LogP contribution >= 0.6 is 11.3 Å². The maximum Gasteiger partial charge on any atom is 0.336 e. The van der Waals surface area contributed by atoms with Crippen LogP contribution in [0.1, 0.15) is 30.3 Å². The number of thiazole rings is 1. The Bertz CT molecular complexity index is 1170. The Morgan fingerprint density at radius 1 is 1.26 bits per heavy atom. The summed E-state index contributed by atoms with van der Waals surface area (Å²) in [4.78, 5) is 34.1. The SMILES string of the molecule is C[C@@]1(c2ccc(F)cc2)N=C(c2nccs2)NC(CN2CC(F)(F)CCC2C(=O)O)=C1C(=O)O. The Morgan fingerprint density at radius 2 is 1.97 bits per heavy atom. The second kappa shape index (κ2) is 8.84. The van der Waals surface area contributed by atoms with Gasteiger partial charge in [0.2, 0.25) is 0 Å². The summed E-state index contributed by atoms with van der Waals surface area (Å²) in [5, 5.41) is 24.7. The number of carboxylic acids is 2. The third-order valence-electron chi connectivity index (χ3n) is 5.95. The van der Waals surface area contributed by atoms with Gasteiger partial charge < -0.3 is 15.5 Å². The Hall–Kier alpha value is -3.25. The van der Waals surface area contributed by atoms with E-state index < -0.39 is 54.8 Å². The standard InChI is InChI=1S/C22H21F3N4O4S/c1-21(12-2-4-13(23)5-3-12)16(20(32)33)14(27-17(28-21)18-26-8-9-34-18)10-29-11-22(24,25)7-6-15(29)19(30)31/h2-5,8-9,15H,6-7,10-11H2,1H3,(H,27,28)(H,30,31)(H,32,33)/t15?,21-/m0/s1. The Kier molecular flexibility index (Phi) is 6.21. The van der Waals surface area contributed by atoms with Crippen molar-refractivity contribution in [3.63, 3.8) is 0 Å². The first-order valence-corrected chi connectivity index (χ1v) is 11.2. The largest absolute Gasteiger partial charge is 0.480 e. The highest BCUT2D eigenvalue weighted by Gasteiger charge is 2.46. The van der Waals surface area contributed by atoms with Gasteiger partial charge in [-0.2, -0.15) is 0 Å². The van der Waals surface area contributed by atoms with Gasteiger partial charge >= 0.3 is 11.9 Å². The van der Waals surface area contributed by atoms with Gasteiger partial charge in [0, 0.05) is 30.2 Å². The van der Waals surface area contributed by atoms with Crippen molar-refractivity contribution >= 4 is 29.1 Å². The number of nitrogens with one attached hydrogen (secondary N) is 1. The van der Waals surface area contributed by atoms with Gasteiger partial charge in [-0.15, -0.1) is 11.3 Å². The van der Waals surface area contributed by atoms with E-state index in [1.165, 1.54) is 48.7 Å². The van der Waals surface area contributed by atoms with Gasteiger partial charge in [-0.25, -0.2) is 27.9 Å². The van der Waals surface area contributed by atoms with Crippen LogP contribution in [0.5, 0.6) is 0 Å². The number of nitrogens with zero attached hydrogens (tertiary/aromatic N) is 3. The number of carboxylic acid groups (broad SMARTS) is 2. The van der Waals surface area contributed by atoms with Crippen molar-refractivity contribution in [2.24, 2.45) is 4.99 Å². The first kappa shape index (κ1) is 23.9. The number of likely N-dealkylation sites (tertiary alicyclic amines) is 1. The average Bonchev–Trinajstić information content (AvgIpc) is 3.27. The van der Waals surface area contributed by atoms with E-state index >= 15 is 0 Å². The number of amidine groups is 1. The number of benzene rings is 1. The number of aliphatic carboxylic acids is 2. The number of hydrogen-bond donors (Lipinski definition) is 3. The molecule has 1 aromatic carbocycles. The predicted octanol–water partition coefficient (Wildman–Crippen LogP) is 3.07. The molecule has 180 valence electrons. The number of hydrogen-bond acceptors (Lipinski definition) is 7. The van der Waals surface area contributed by atoms with Crippen molar-refractivity contribution in [2.75, 3.05) is 13.1 Å². The molecule has 1 unspecified atom stereocenters. The van der Waals surface area contributed by atoms with Crippen LogP contribution in [-0.2, 0) is 15.1 Å². The third kappa shape index (κ3) is 4.55. The number of aromatic nitrogens is 1. The number of carbonyl (C=O) groups is 2. The molecule has 12 heteroatoms. The molecule has 1 fully saturated rings. The van der Waals surface area contributed by atoms with Crippen LogP contribution < -0.4 is 5.32 Å². The van der Waals surface area contributed by atoms with Crippen molar-refractivity contribution in [2.45, 2.75) is 37.3 Å². The van der Waals surface area contributed by atoms with Crippen LogP contribution in [0.15, 0.2) is 52.1 Å². The summed E-state index contributed by atoms with van der Waals surface area (Å²) in [5.41, 5.74) is -1.41. The second-order valence-electron chi connectivity index (χ2n) is 8.31. The van der Waals surface area contributed by atoms with Gasteiger partial charge in [0.05, 0.1) is 12.1 Å². The van der Waals surface area contributed by atoms with Gasteiger partial charge in [-0.1, -0.05) is 12.1 Å². The monoisotopic (exact) mass is 494 g/mol. The normalized spacial score (nSPS) is 24.9. The van der Waals surface area contributed by atoms with Crippen molar-refractivity contribution < 1.29 is 33.0 Å². The molecule has 0 radical (unpaired) electrons. The highest BCUT2D eigenvalue weighted by atomic mass is 32.1. The van der Waals surface area contributed by atoms with E-state index in [-0.39, 0.29) is 23.5 Å². The fourth-order valence-corrected chi connectivity index (χ4v) is 4.93. The molecule has 1 saturated heterocycles. The minimum Gasteiger partial charge on any atom is -0.480 e. The lowest BCUT2D eigenvalue weighted by molar-refractivity contribution is -0.151. The topological polar surface area (TPSA) is 115 Å². The van der Waals surface area contributed by atoms with Gasteiger partial charge in [-0.05, 0) is 31.0 Å². The van der Waals surface area contributed by atoms with Gasteiger partial charge in [0.25, 0.3) is 5.92 Å². The summed E-state index contributed by atoms with van der Waals surface area (Å²) in [6, 6.07) is 3.94. The highest BCUT2D eigenvalue weighted by molar-refractivity contribution is 7.11. The molecule has 1 aromatic heterocycles. The van der Waals surface area contributed by atoms with Crippen LogP contribution in [0, 0.1) is 5.82 Å². The summed E-state index contributed by atoms with van der Waals surface area (Å²) in [5.74, 6) is -6.06. The summed E-state index contributed by atoms with van der Waals surface area (Å²) < 4.78 is 42.0. The molecule has 0 bridgehead atoms. The Balaban J connectivity index is 1.84. The third-order valence-corrected chi connectivity index (χ3v) is 6.73. The average molecular weight is 494 g/mol. The molecule has 2 aliphatic rings. The molecule has 3 heterocycles. The molecule has 0 aliphatic carbocycles. The maximum atomic E-state index is 14.2. The summed E-state index contributed by atoms with van der Waals surface area (Å²) >= 11 is 1.23. The van der Waals surface area contributed by atoms with E-state index in [4.69, 9.17) is 0 Å². The lowest BCUT2D eigenvalue weighted by atomic mass is 9.82. The quantitative estimate of drug-likeness (QED) is 0.565. The van der Waals surface area contributed by atoms with E-state index in [1.807, 2.05) is 0 Å². The fourth-order valence-electron chi connectivity index (χ4n) is 4.35. The Morgan fingerprint density at radius 3 is 2.56 bits per heavy atom. The molecule has 0 spiro atoms. The highest BCUT2D eigenvalue weighted by Crippen LogP contribution is 2.39. The summed E-state index contributed by atoms with van der Waals surface area (Å²) in [6.07, 6.45) is 0.680. The molecule has 2 atom stereocenters. The van der Waals surface area contributed by atoms with Gasteiger partial charge in [0.1, 0.15) is 17.4 Å². The zero-order valence-corrected chi connectivity index (χ0v) is 18.8. The molecular weight excluding hydrogens is 473 g/mol. The molecule has 4 rings (SSSR count). The van der Waals surface area contributed by atoms with E-state index in [0.717, 1.165) is 4.90 Å². The van der Waals surface area contributed by atoms with Crippen LogP contribution in [-0.4, -0.2) is 62.9 Å². The van der Waals surface area contributed by atoms with Crippen molar-refractivity contribution in [3.05, 3.63) is 63.5 Å². The van der Waals surface area contributed by atoms with Crippen LogP contribution in [0.2, 0.25) is 0 Å². The molecular formula is C22H21F3N4O4S. The van der Waals surface area contributed by atoms with E-state index in [0.29, 0.717) is 10.6 Å². The molecule has 2 aromatic rings. The molecule has 2 aliphatic heterocycles. The molecule has 3 N–H and O–H groups in total. The maximum absolute atomic E-state index is 14.2. The first-order valence-electron chi connectivity index (χ1n) is 10.3. The number of alkyl halides is 2. The molecule has 0 amide bonds. The van der Waals surface area contributed by atoms with E-state index in [9.17, 15) is 33.0 Å². The molecule has 34 heavy (non-hydrogen) atoms. The van der Waals surface area contributed by atoms with Gasteiger partial charge in [-0.3, -0.25) is 9.69 Å². The van der Waals surface area contributed by atoms with Crippen LogP contribution in [0.4, 0.5) is 13.2 Å². The van der Waals surface area contributed by atoms with E-state index in [2.05, 4.69) is 15.3 Å². The van der Waals surface area contributed by atoms with Gasteiger partial charge in [0.15, 0.2) is 10.8 Å². The lowest BCUT2D eigenvalue weighted by Gasteiger charge is -2.40. The number of halogens is 3. The summed E-state index contributed by atoms with van der Waals surface area (Å²) in [6.45, 7) is 0.298.